The van der Waals surface area contributed by atoms with E-state index in [9.17, 15) is 18.0 Å². The van der Waals surface area contributed by atoms with Crippen molar-refractivity contribution in [3.05, 3.63) is 42.0 Å². The van der Waals surface area contributed by atoms with Crippen LogP contribution < -0.4 is 0 Å². The van der Waals surface area contributed by atoms with Crippen molar-refractivity contribution in [3.63, 3.8) is 0 Å². The molecule has 0 aliphatic heterocycles. The Morgan fingerprint density at radius 3 is 2.53 bits per heavy atom. The molecule has 8 heteroatoms. The highest BCUT2D eigenvalue weighted by Gasteiger charge is 2.33. The maximum absolute atomic E-state index is 12.4. The summed E-state index contributed by atoms with van der Waals surface area (Å²) in [5.74, 6) is -1.03. The number of rotatable bonds is 3. The summed E-state index contributed by atoms with van der Waals surface area (Å²) >= 11 is 0. The highest BCUT2D eigenvalue weighted by Crippen LogP contribution is 2.27. The Kier molecular flexibility index (Phi) is 3.24. The number of carbonyl (C=O) groups is 1. The highest BCUT2D eigenvalue weighted by molar-refractivity contribution is 5.69. The summed E-state index contributed by atoms with van der Waals surface area (Å²) < 4.78 is 38.1. The lowest BCUT2D eigenvalue weighted by Gasteiger charge is -2.03. The largest absolute Gasteiger partial charge is 0.481 e. The number of alkyl halides is 3. The second-order valence-corrected chi connectivity index (χ2v) is 3.72. The van der Waals surface area contributed by atoms with Crippen LogP contribution in [-0.4, -0.2) is 25.8 Å². The van der Waals surface area contributed by atoms with Gasteiger partial charge in [-0.15, -0.1) is 0 Å². The van der Waals surface area contributed by atoms with E-state index in [0.717, 1.165) is 16.9 Å². The van der Waals surface area contributed by atoms with Crippen molar-refractivity contribution in [1.82, 2.24) is 14.8 Å². The third-order valence-corrected chi connectivity index (χ3v) is 2.29. The van der Waals surface area contributed by atoms with Crippen molar-refractivity contribution in [2.45, 2.75) is 12.6 Å². The van der Waals surface area contributed by atoms with Gasteiger partial charge in [-0.1, -0.05) is 0 Å². The van der Waals surface area contributed by atoms with Gasteiger partial charge in [0.2, 0.25) is 0 Å². The molecule has 2 heterocycles. The average Bonchev–Trinajstić information content (AvgIpc) is 2.78. The van der Waals surface area contributed by atoms with Gasteiger partial charge in [0, 0.05) is 6.20 Å². The van der Waals surface area contributed by atoms with Crippen LogP contribution in [0.25, 0.3) is 5.69 Å². The molecule has 0 spiro atoms. The lowest BCUT2D eigenvalue weighted by Crippen LogP contribution is -2.07. The predicted octanol–water partition coefficient (Wildman–Crippen LogP) is 1.91. The van der Waals surface area contributed by atoms with E-state index >= 15 is 0 Å². The molecule has 0 fully saturated rings. The van der Waals surface area contributed by atoms with Crippen LogP contribution in [-0.2, 0) is 17.4 Å². The van der Waals surface area contributed by atoms with Crippen LogP contribution >= 0.6 is 0 Å². The molecule has 0 aliphatic carbocycles. The van der Waals surface area contributed by atoms with Crippen molar-refractivity contribution in [1.29, 1.82) is 0 Å². The summed E-state index contributed by atoms with van der Waals surface area (Å²) in [6.45, 7) is 0. The van der Waals surface area contributed by atoms with Gasteiger partial charge in [-0.25, -0.2) is 4.68 Å². The first-order valence-corrected chi connectivity index (χ1v) is 5.16. The Balaban J connectivity index is 2.23. The van der Waals surface area contributed by atoms with Gasteiger partial charge in [-0.2, -0.15) is 18.3 Å². The predicted molar refractivity (Wildman–Crippen MR) is 57.7 cm³/mol. The molecule has 0 saturated heterocycles. The normalized spacial score (nSPS) is 11.5. The Labute approximate surface area is 105 Å². The van der Waals surface area contributed by atoms with Crippen LogP contribution in [0.1, 0.15) is 11.4 Å². The maximum Gasteiger partial charge on any atom is 0.435 e. The SMILES string of the molecule is O=C(O)Cc1ccc(-n2ccc(C(F)(F)F)n2)cn1. The van der Waals surface area contributed by atoms with Gasteiger partial charge in [-0.05, 0) is 18.2 Å². The molecule has 5 nitrogen and oxygen atoms in total. The molecule has 0 radical (unpaired) electrons. The number of hydrogen-bond acceptors (Lipinski definition) is 3. The van der Waals surface area contributed by atoms with Gasteiger partial charge < -0.3 is 5.11 Å². The molecule has 19 heavy (non-hydrogen) atoms. The van der Waals surface area contributed by atoms with Crippen LogP contribution in [0, 0.1) is 0 Å². The Morgan fingerprint density at radius 1 is 1.32 bits per heavy atom. The lowest BCUT2D eigenvalue weighted by molar-refractivity contribution is -0.141. The third kappa shape index (κ3) is 3.09. The first-order valence-electron chi connectivity index (χ1n) is 5.16. The van der Waals surface area contributed by atoms with Crippen LogP contribution in [0.4, 0.5) is 13.2 Å². The van der Waals surface area contributed by atoms with Gasteiger partial charge in [-0.3, -0.25) is 9.78 Å². The van der Waals surface area contributed by atoms with Crippen molar-refractivity contribution in [3.8, 4) is 5.69 Å². The van der Waals surface area contributed by atoms with Gasteiger partial charge >= 0.3 is 12.1 Å². The molecule has 0 amide bonds. The molecule has 0 unspecified atom stereocenters. The summed E-state index contributed by atoms with van der Waals surface area (Å²) in [5.41, 5.74) is -0.355. The second kappa shape index (κ2) is 4.71. The van der Waals surface area contributed by atoms with Crippen molar-refractivity contribution >= 4 is 5.97 Å². The van der Waals surface area contributed by atoms with E-state index in [4.69, 9.17) is 5.11 Å². The summed E-state index contributed by atoms with van der Waals surface area (Å²) in [4.78, 5) is 14.3. The molecule has 2 rings (SSSR count). The van der Waals surface area contributed by atoms with Crippen LogP contribution in [0.5, 0.6) is 0 Å². The van der Waals surface area contributed by atoms with Crippen molar-refractivity contribution < 1.29 is 23.1 Å². The Morgan fingerprint density at radius 2 is 2.05 bits per heavy atom. The number of aliphatic carboxylic acids is 1. The molecule has 2 aromatic rings. The van der Waals surface area contributed by atoms with Crippen molar-refractivity contribution in [2.24, 2.45) is 0 Å². The molecular weight excluding hydrogens is 263 g/mol. The number of halogens is 3. The standard InChI is InChI=1S/C11H8F3N3O2/c12-11(13,14)9-3-4-17(16-9)8-2-1-7(15-6-8)5-10(18)19/h1-4,6H,5H2,(H,18,19). The monoisotopic (exact) mass is 271 g/mol. The molecule has 0 saturated carbocycles. The molecular formula is C11H8F3N3O2. The molecule has 0 atom stereocenters. The lowest BCUT2D eigenvalue weighted by atomic mass is 10.2. The number of aromatic nitrogens is 3. The Hall–Kier alpha value is -2.38. The molecule has 1 N–H and O–H groups in total. The maximum atomic E-state index is 12.4. The van der Waals surface area contributed by atoms with E-state index in [1.54, 1.807) is 0 Å². The minimum Gasteiger partial charge on any atom is -0.481 e. The number of nitrogens with zero attached hydrogens (tertiary/aromatic N) is 3. The molecule has 0 aromatic carbocycles. The van der Waals surface area contributed by atoms with Gasteiger partial charge in [0.1, 0.15) is 0 Å². The van der Waals surface area contributed by atoms with Gasteiger partial charge in [0.15, 0.2) is 5.69 Å². The minimum atomic E-state index is -4.50. The fraction of sp³-hybridized carbons (Fsp3) is 0.182. The zero-order valence-electron chi connectivity index (χ0n) is 9.42. The fourth-order valence-corrected chi connectivity index (χ4v) is 1.43. The summed E-state index contributed by atoms with van der Waals surface area (Å²) in [6.07, 6.45) is -2.31. The molecule has 0 bridgehead atoms. The van der Waals surface area contributed by atoms with Gasteiger partial charge in [0.25, 0.3) is 0 Å². The number of carboxylic acid groups (broad SMARTS) is 1. The fourth-order valence-electron chi connectivity index (χ4n) is 1.43. The van der Waals surface area contributed by atoms with E-state index in [2.05, 4.69) is 10.1 Å². The van der Waals surface area contributed by atoms with E-state index in [-0.39, 0.29) is 6.42 Å². The van der Waals surface area contributed by atoms with Gasteiger partial charge in [0.05, 0.1) is 24.0 Å². The number of hydrogen-bond donors (Lipinski definition) is 1. The van der Waals surface area contributed by atoms with E-state index in [1.807, 2.05) is 0 Å². The smallest absolute Gasteiger partial charge is 0.435 e. The summed E-state index contributed by atoms with van der Waals surface area (Å²) in [7, 11) is 0. The topological polar surface area (TPSA) is 68.0 Å². The minimum absolute atomic E-state index is 0.243. The first-order chi connectivity index (χ1) is 8.86. The number of pyridine rings is 1. The number of carboxylic acids is 1. The molecule has 2 aromatic heterocycles. The van der Waals surface area contributed by atoms with E-state index < -0.39 is 17.8 Å². The van der Waals surface area contributed by atoms with Crippen LogP contribution in [0.15, 0.2) is 30.6 Å². The molecule has 100 valence electrons. The zero-order valence-corrected chi connectivity index (χ0v) is 9.42. The van der Waals surface area contributed by atoms with E-state index in [1.165, 1.54) is 18.3 Å². The average molecular weight is 271 g/mol. The van der Waals surface area contributed by atoms with Crippen LogP contribution in [0.3, 0.4) is 0 Å². The van der Waals surface area contributed by atoms with Crippen LogP contribution in [0.2, 0.25) is 0 Å². The quantitative estimate of drug-likeness (QED) is 0.926. The van der Waals surface area contributed by atoms with Crippen molar-refractivity contribution in [2.75, 3.05) is 0 Å². The third-order valence-electron chi connectivity index (χ3n) is 2.29. The van der Waals surface area contributed by atoms with E-state index in [0.29, 0.717) is 11.4 Å². The molecule has 0 aliphatic rings. The summed E-state index contributed by atoms with van der Waals surface area (Å²) in [6, 6.07) is 3.74. The Bertz CT molecular complexity index is 590. The zero-order chi connectivity index (χ0) is 14.0. The second-order valence-electron chi connectivity index (χ2n) is 3.72. The first kappa shape index (κ1) is 13.1. The highest BCUT2D eigenvalue weighted by atomic mass is 19.4. The summed E-state index contributed by atoms with van der Waals surface area (Å²) in [5, 5.41) is 11.9.